The minimum atomic E-state index is -0.214. The van der Waals surface area contributed by atoms with Crippen LogP contribution in [0.25, 0.3) is 11.1 Å². The molecule has 3 aliphatic rings. The van der Waals surface area contributed by atoms with Crippen LogP contribution in [0.4, 0.5) is 22.7 Å². The van der Waals surface area contributed by atoms with Crippen molar-refractivity contribution in [3.05, 3.63) is 91.0 Å². The normalized spacial score (nSPS) is 16.4. The molecule has 0 radical (unpaired) electrons. The second-order valence-electron chi connectivity index (χ2n) is 8.97. The number of benzene rings is 4. The topological polar surface area (TPSA) is 6.48 Å². The van der Waals surface area contributed by atoms with Gasteiger partial charge < -0.3 is 9.80 Å². The van der Waals surface area contributed by atoms with Crippen LogP contribution in [0.2, 0.25) is 0 Å². The van der Waals surface area contributed by atoms with Gasteiger partial charge in [-0.15, -0.1) is 0 Å². The predicted molar refractivity (Wildman–Crippen MR) is 128 cm³/mol. The standard InChI is InChI=1S/C27H21BN2/c1-27(2)29(18-10-4-3-5-11-18)24-17-9-15-22-26(24)30(27)23-16-8-13-20-19-12-6-7-14-21(19)28(22)25(20)23/h3-17H,1-2H3. The van der Waals surface area contributed by atoms with E-state index in [1.807, 2.05) is 0 Å². The van der Waals surface area contributed by atoms with Gasteiger partial charge in [-0.2, -0.15) is 0 Å². The number of anilines is 4. The summed E-state index contributed by atoms with van der Waals surface area (Å²) in [5.41, 5.74) is 12.1. The molecule has 142 valence electrons. The summed E-state index contributed by atoms with van der Waals surface area (Å²) in [7, 11) is 0. The summed E-state index contributed by atoms with van der Waals surface area (Å²) in [6.07, 6.45) is 0. The van der Waals surface area contributed by atoms with Crippen molar-refractivity contribution >= 4 is 45.9 Å². The van der Waals surface area contributed by atoms with Gasteiger partial charge in [0.15, 0.2) is 0 Å². The molecule has 30 heavy (non-hydrogen) atoms. The molecule has 0 atom stereocenters. The average Bonchev–Trinajstić information content (AvgIpc) is 3.23. The van der Waals surface area contributed by atoms with E-state index in [9.17, 15) is 0 Å². The van der Waals surface area contributed by atoms with Crippen LogP contribution in [0.3, 0.4) is 0 Å². The molecular weight excluding hydrogens is 363 g/mol. The lowest BCUT2D eigenvalue weighted by Gasteiger charge is -2.43. The predicted octanol–water partition coefficient (Wildman–Crippen LogP) is 4.52. The minimum Gasteiger partial charge on any atom is -0.317 e. The van der Waals surface area contributed by atoms with Crippen molar-refractivity contribution in [2.24, 2.45) is 0 Å². The number of hydrogen-bond donors (Lipinski definition) is 0. The first-order valence-corrected chi connectivity index (χ1v) is 10.7. The Kier molecular flexibility index (Phi) is 2.93. The highest BCUT2D eigenvalue weighted by Gasteiger charge is 2.52. The summed E-state index contributed by atoms with van der Waals surface area (Å²) in [6, 6.07) is 33.4. The van der Waals surface area contributed by atoms with Gasteiger partial charge in [0, 0.05) is 11.4 Å². The quantitative estimate of drug-likeness (QED) is 0.392. The molecule has 0 amide bonds. The molecule has 0 aromatic heterocycles. The van der Waals surface area contributed by atoms with E-state index < -0.39 is 0 Å². The maximum absolute atomic E-state index is 2.58. The second kappa shape index (κ2) is 5.37. The van der Waals surface area contributed by atoms with Gasteiger partial charge in [-0.25, -0.2) is 0 Å². The van der Waals surface area contributed by atoms with E-state index in [4.69, 9.17) is 0 Å². The molecule has 3 heteroatoms. The molecule has 2 nitrogen and oxygen atoms in total. The molecule has 0 unspecified atom stereocenters. The summed E-state index contributed by atoms with van der Waals surface area (Å²) >= 11 is 0. The number of fused-ring (bicyclic) bond motifs is 5. The fraction of sp³-hybridized carbons (Fsp3) is 0.111. The molecule has 3 aliphatic heterocycles. The van der Waals surface area contributed by atoms with Gasteiger partial charge in [-0.3, -0.25) is 0 Å². The molecule has 7 rings (SSSR count). The Bertz CT molecular complexity index is 1340. The van der Waals surface area contributed by atoms with Gasteiger partial charge in [0.25, 0.3) is 0 Å². The fourth-order valence-electron chi connectivity index (χ4n) is 6.08. The number of nitrogens with zero attached hydrogens (tertiary/aromatic N) is 2. The lowest BCUT2D eigenvalue weighted by molar-refractivity contribution is 0.541. The second-order valence-corrected chi connectivity index (χ2v) is 8.97. The molecule has 0 N–H and O–H groups in total. The van der Waals surface area contributed by atoms with Crippen molar-refractivity contribution in [2.75, 3.05) is 9.80 Å². The van der Waals surface area contributed by atoms with Crippen LogP contribution in [-0.2, 0) is 0 Å². The number of para-hydroxylation sites is 2. The first-order valence-electron chi connectivity index (χ1n) is 10.7. The lowest BCUT2D eigenvalue weighted by Crippen LogP contribution is -2.58. The maximum atomic E-state index is 2.58. The first kappa shape index (κ1) is 16.4. The van der Waals surface area contributed by atoms with Gasteiger partial charge in [0.1, 0.15) is 5.66 Å². The average molecular weight is 384 g/mol. The van der Waals surface area contributed by atoms with Crippen molar-refractivity contribution in [2.45, 2.75) is 19.5 Å². The van der Waals surface area contributed by atoms with E-state index in [2.05, 4.69) is 115 Å². The summed E-state index contributed by atoms with van der Waals surface area (Å²) in [5.74, 6) is 0. The highest BCUT2D eigenvalue weighted by Crippen LogP contribution is 2.53. The summed E-state index contributed by atoms with van der Waals surface area (Å²) in [6.45, 7) is 4.99. The molecule has 0 aliphatic carbocycles. The van der Waals surface area contributed by atoms with Crippen molar-refractivity contribution in [1.29, 1.82) is 0 Å². The van der Waals surface area contributed by atoms with E-state index in [0.29, 0.717) is 6.71 Å². The largest absolute Gasteiger partial charge is 0.317 e. The van der Waals surface area contributed by atoms with Crippen LogP contribution in [-0.4, -0.2) is 12.4 Å². The Labute approximate surface area is 177 Å². The Morgan fingerprint density at radius 1 is 0.600 bits per heavy atom. The molecular formula is C27H21BN2. The Morgan fingerprint density at radius 2 is 1.27 bits per heavy atom. The van der Waals surface area contributed by atoms with Crippen molar-refractivity contribution in [3.8, 4) is 11.1 Å². The molecule has 0 fully saturated rings. The van der Waals surface area contributed by atoms with Gasteiger partial charge in [-0.1, -0.05) is 72.2 Å². The zero-order valence-electron chi connectivity index (χ0n) is 17.1. The fourth-order valence-corrected chi connectivity index (χ4v) is 6.08. The summed E-state index contributed by atoms with van der Waals surface area (Å²) in [4.78, 5) is 5.07. The molecule has 0 saturated heterocycles. The highest BCUT2D eigenvalue weighted by atomic mass is 15.5. The SMILES string of the molecule is CC1(C)N(c2ccccc2)c2cccc3c2N1c1cccc2c1B3c1ccccc1-2. The van der Waals surface area contributed by atoms with E-state index >= 15 is 0 Å². The maximum Gasteiger partial charge on any atom is 0.248 e. The molecule has 0 spiro atoms. The van der Waals surface area contributed by atoms with Gasteiger partial charge in [0.2, 0.25) is 6.71 Å². The van der Waals surface area contributed by atoms with Crippen molar-refractivity contribution in [1.82, 2.24) is 0 Å². The molecule has 4 aromatic carbocycles. The summed E-state index contributed by atoms with van der Waals surface area (Å²) < 4.78 is 0. The van der Waals surface area contributed by atoms with Crippen molar-refractivity contribution in [3.63, 3.8) is 0 Å². The summed E-state index contributed by atoms with van der Waals surface area (Å²) in [5, 5.41) is 0. The number of hydrogen-bond acceptors (Lipinski definition) is 2. The van der Waals surface area contributed by atoms with Crippen LogP contribution in [0.5, 0.6) is 0 Å². The zero-order chi connectivity index (χ0) is 20.0. The van der Waals surface area contributed by atoms with Crippen LogP contribution >= 0.6 is 0 Å². The van der Waals surface area contributed by atoms with Gasteiger partial charge in [-0.05, 0) is 60.2 Å². The van der Waals surface area contributed by atoms with E-state index in [1.54, 1.807) is 0 Å². The Morgan fingerprint density at radius 3 is 2.13 bits per heavy atom. The van der Waals surface area contributed by atoms with Crippen LogP contribution in [0.15, 0.2) is 91.0 Å². The third kappa shape index (κ3) is 1.78. The molecule has 3 heterocycles. The highest BCUT2D eigenvalue weighted by molar-refractivity contribution is 7.01. The molecule has 0 saturated carbocycles. The number of rotatable bonds is 1. The Balaban J connectivity index is 1.59. The van der Waals surface area contributed by atoms with Gasteiger partial charge in [0.05, 0.1) is 11.4 Å². The van der Waals surface area contributed by atoms with E-state index in [-0.39, 0.29) is 5.66 Å². The first-order chi connectivity index (χ1) is 14.7. The monoisotopic (exact) mass is 384 g/mol. The zero-order valence-corrected chi connectivity index (χ0v) is 17.1. The van der Waals surface area contributed by atoms with Crippen molar-refractivity contribution < 1.29 is 0 Å². The van der Waals surface area contributed by atoms with Crippen LogP contribution in [0, 0.1) is 0 Å². The molecule has 0 bridgehead atoms. The van der Waals surface area contributed by atoms with Crippen LogP contribution < -0.4 is 26.2 Å². The van der Waals surface area contributed by atoms with E-state index in [1.165, 1.54) is 50.3 Å². The minimum absolute atomic E-state index is 0.214. The van der Waals surface area contributed by atoms with Crippen LogP contribution in [0.1, 0.15) is 13.8 Å². The third-order valence-corrected chi connectivity index (χ3v) is 7.10. The van der Waals surface area contributed by atoms with E-state index in [0.717, 1.165) is 0 Å². The third-order valence-electron chi connectivity index (χ3n) is 7.10. The Hall–Kier alpha value is -3.46. The molecule has 4 aromatic rings. The van der Waals surface area contributed by atoms with Gasteiger partial charge >= 0.3 is 0 Å². The lowest BCUT2D eigenvalue weighted by atomic mass is 9.37. The smallest absolute Gasteiger partial charge is 0.248 e.